The zero-order valence-electron chi connectivity index (χ0n) is 35.2. The number of imide groups is 2. The van der Waals surface area contributed by atoms with E-state index in [1.54, 1.807) is 12.1 Å². The third-order valence-electron chi connectivity index (χ3n) is 11.5. The zero-order chi connectivity index (χ0) is 42.6. The number of amides is 4. The van der Waals surface area contributed by atoms with E-state index < -0.39 is 23.6 Å². The second-order valence-corrected chi connectivity index (χ2v) is 16.8. The van der Waals surface area contributed by atoms with Crippen molar-refractivity contribution in [1.82, 2.24) is 0 Å². The Hall–Kier alpha value is -7.02. The number of rotatable bonds is 6. The summed E-state index contributed by atoms with van der Waals surface area (Å²) in [5.74, 6) is 10.6. The predicted octanol–water partition coefficient (Wildman–Crippen LogP) is 11.7. The van der Waals surface area contributed by atoms with Crippen LogP contribution in [-0.2, 0) is 0 Å². The van der Waals surface area contributed by atoms with Gasteiger partial charge in [0.15, 0.2) is 0 Å². The van der Waals surface area contributed by atoms with E-state index in [1.807, 2.05) is 152 Å². The van der Waals surface area contributed by atoms with Crippen molar-refractivity contribution in [1.29, 1.82) is 0 Å². The zero-order valence-corrected chi connectivity index (χ0v) is 35.2. The topological polar surface area (TPSA) is 74.8 Å². The lowest BCUT2D eigenvalue weighted by Crippen LogP contribution is -2.45. The number of carbonyl (C=O) groups excluding carboxylic acids is 4. The Morgan fingerprint density at radius 3 is 1.00 bits per heavy atom. The van der Waals surface area contributed by atoms with E-state index in [1.165, 1.54) is 9.80 Å². The van der Waals surface area contributed by atoms with E-state index in [0.717, 1.165) is 22.3 Å². The molecular formula is C54H46N2O4. The lowest BCUT2D eigenvalue weighted by atomic mass is 9.80. The number of hydrogen-bond donors (Lipinski definition) is 0. The van der Waals surface area contributed by atoms with Crippen molar-refractivity contribution in [3.63, 3.8) is 0 Å². The van der Waals surface area contributed by atoms with Gasteiger partial charge in [-0.1, -0.05) is 152 Å². The van der Waals surface area contributed by atoms with Crippen LogP contribution in [0.4, 0.5) is 11.4 Å². The summed E-state index contributed by atoms with van der Waals surface area (Å²) in [7, 11) is 0. The molecule has 6 nitrogen and oxygen atoms in total. The minimum absolute atomic E-state index is 0.0219. The molecule has 0 aliphatic carbocycles. The second kappa shape index (κ2) is 15.6. The van der Waals surface area contributed by atoms with Gasteiger partial charge in [0.2, 0.25) is 0 Å². The maximum atomic E-state index is 15.4. The minimum atomic E-state index is -0.560. The van der Waals surface area contributed by atoms with Crippen molar-refractivity contribution >= 4 is 45.8 Å². The number of carbonyl (C=O) groups is 4. The number of benzene rings is 6. The van der Waals surface area contributed by atoms with Gasteiger partial charge in [0.05, 0.1) is 33.6 Å². The molecule has 6 aromatic carbocycles. The molecule has 0 unspecified atom stereocenters. The van der Waals surface area contributed by atoms with Crippen LogP contribution < -0.4 is 9.80 Å². The molecule has 2 aliphatic heterocycles. The number of anilines is 2. The van der Waals surface area contributed by atoms with Gasteiger partial charge in [-0.05, 0) is 82.3 Å². The van der Waals surface area contributed by atoms with Crippen LogP contribution in [0.5, 0.6) is 0 Å². The molecular weight excluding hydrogens is 741 g/mol. The van der Waals surface area contributed by atoms with Crippen molar-refractivity contribution in [2.75, 3.05) is 9.80 Å². The average Bonchev–Trinajstić information content (AvgIpc) is 3.23. The Balaban J connectivity index is 1.52. The van der Waals surface area contributed by atoms with Crippen LogP contribution in [0.3, 0.4) is 0 Å². The van der Waals surface area contributed by atoms with Gasteiger partial charge in [-0.2, -0.15) is 0 Å². The summed E-state index contributed by atoms with van der Waals surface area (Å²) < 4.78 is 0. The highest BCUT2D eigenvalue weighted by Gasteiger charge is 2.45. The largest absolute Gasteiger partial charge is 0.268 e. The summed E-state index contributed by atoms with van der Waals surface area (Å²) in [4.78, 5) is 64.1. The van der Waals surface area contributed by atoms with E-state index in [4.69, 9.17) is 0 Å². The molecule has 0 saturated carbocycles. The van der Waals surface area contributed by atoms with Crippen LogP contribution in [0.2, 0.25) is 0 Å². The molecule has 0 N–H and O–H groups in total. The molecule has 60 heavy (non-hydrogen) atoms. The molecule has 0 aromatic heterocycles. The van der Waals surface area contributed by atoms with Crippen LogP contribution in [0.1, 0.15) is 165 Å². The quantitative estimate of drug-likeness (QED) is 0.124. The molecule has 0 fully saturated rings. The fraction of sp³-hybridized carbons (Fsp3) is 0.222. The molecule has 0 bridgehead atoms. The number of nitrogens with zero attached hydrogens (tertiary/aromatic N) is 2. The molecule has 0 spiro atoms. The van der Waals surface area contributed by atoms with Crippen LogP contribution in [-0.4, -0.2) is 23.6 Å². The third-order valence-corrected chi connectivity index (χ3v) is 11.5. The molecule has 8 rings (SSSR count). The van der Waals surface area contributed by atoms with Gasteiger partial charge < -0.3 is 0 Å². The molecule has 6 heteroatoms. The fourth-order valence-electron chi connectivity index (χ4n) is 8.53. The van der Waals surface area contributed by atoms with Gasteiger partial charge in [0.1, 0.15) is 0 Å². The first kappa shape index (κ1) is 39.8. The van der Waals surface area contributed by atoms with Crippen molar-refractivity contribution < 1.29 is 19.2 Å². The Morgan fingerprint density at radius 1 is 0.383 bits per heavy atom. The van der Waals surface area contributed by atoms with Crippen molar-refractivity contribution in [3.05, 3.63) is 176 Å². The van der Waals surface area contributed by atoms with Gasteiger partial charge in [-0.15, -0.1) is 0 Å². The van der Waals surface area contributed by atoms with Gasteiger partial charge in [0, 0.05) is 33.0 Å². The number of hydrogen-bond acceptors (Lipinski definition) is 4. The van der Waals surface area contributed by atoms with Crippen LogP contribution in [0, 0.1) is 23.7 Å². The fourth-order valence-corrected chi connectivity index (χ4v) is 8.53. The molecule has 0 radical (unpaired) electrons. The van der Waals surface area contributed by atoms with Crippen LogP contribution >= 0.6 is 0 Å². The lowest BCUT2D eigenvalue weighted by Gasteiger charge is -2.36. The standard InChI is InChI=1S/C54H46N2O4/c1-31(2)39-21-15-22-40(32(3)4)49(39)55-51(57)43-29-38(28-26-36-19-13-10-14-20-36)46-48-44(30-37(45(47(43)48)53(55)59)27-25-35-17-11-9-12-18-35)52(58)56(54(46)60)50-41(33(5)6)23-16-24-42(50)34(7)8/h9-24,29-34H,1-8H3. The highest BCUT2D eigenvalue weighted by molar-refractivity contribution is 6.43. The maximum Gasteiger partial charge on any atom is 0.267 e. The Morgan fingerprint density at radius 2 is 0.700 bits per heavy atom. The van der Waals surface area contributed by atoms with E-state index in [2.05, 4.69) is 23.7 Å². The van der Waals surface area contributed by atoms with E-state index in [9.17, 15) is 0 Å². The summed E-state index contributed by atoms with van der Waals surface area (Å²) in [5.41, 5.74) is 7.19. The smallest absolute Gasteiger partial charge is 0.267 e. The first-order chi connectivity index (χ1) is 28.8. The number of para-hydroxylation sites is 2. The SMILES string of the molecule is CC(C)c1cccc(C(C)C)c1N1C(=O)c2cc(C#Cc3ccccc3)c3c4c(cc(C#Cc5ccccc5)c(c24)C1=O)C(=O)N(c1c(C(C)C)cccc1C(C)C)C3=O. The average molecular weight is 787 g/mol. The summed E-state index contributed by atoms with van der Waals surface area (Å²) >= 11 is 0. The van der Waals surface area contributed by atoms with Gasteiger partial charge in [-0.3, -0.25) is 19.2 Å². The second-order valence-electron chi connectivity index (χ2n) is 16.8. The molecule has 296 valence electrons. The molecule has 2 heterocycles. The van der Waals surface area contributed by atoms with E-state index in [-0.39, 0.29) is 67.8 Å². The highest BCUT2D eigenvalue weighted by Crippen LogP contribution is 2.47. The lowest BCUT2D eigenvalue weighted by molar-refractivity contribution is 0.0872. The molecule has 0 atom stereocenters. The molecule has 4 amide bonds. The first-order valence-corrected chi connectivity index (χ1v) is 20.6. The molecule has 2 aliphatic rings. The minimum Gasteiger partial charge on any atom is -0.268 e. The van der Waals surface area contributed by atoms with E-state index in [0.29, 0.717) is 22.5 Å². The maximum absolute atomic E-state index is 15.4. The first-order valence-electron chi connectivity index (χ1n) is 20.6. The van der Waals surface area contributed by atoms with Gasteiger partial charge in [-0.25, -0.2) is 9.80 Å². The monoisotopic (exact) mass is 786 g/mol. The Kier molecular flexibility index (Phi) is 10.4. The molecule has 0 saturated heterocycles. The molecule has 6 aromatic rings. The van der Waals surface area contributed by atoms with Crippen molar-refractivity contribution in [3.8, 4) is 23.7 Å². The predicted molar refractivity (Wildman–Crippen MR) is 240 cm³/mol. The van der Waals surface area contributed by atoms with Crippen molar-refractivity contribution in [2.24, 2.45) is 0 Å². The van der Waals surface area contributed by atoms with Crippen molar-refractivity contribution in [2.45, 2.75) is 79.1 Å². The Labute approximate surface area is 352 Å². The summed E-state index contributed by atoms with van der Waals surface area (Å²) in [5, 5.41) is 0.485. The summed E-state index contributed by atoms with van der Waals surface area (Å²) in [6.07, 6.45) is 0. The summed E-state index contributed by atoms with van der Waals surface area (Å²) in [6.45, 7) is 16.3. The van der Waals surface area contributed by atoms with Crippen LogP contribution in [0.15, 0.2) is 109 Å². The Bertz CT molecular complexity index is 2660. The van der Waals surface area contributed by atoms with Crippen LogP contribution in [0.25, 0.3) is 10.8 Å². The highest BCUT2D eigenvalue weighted by atomic mass is 16.2. The third kappa shape index (κ3) is 6.59. The van der Waals surface area contributed by atoms with E-state index >= 15 is 19.2 Å². The normalized spacial score (nSPS) is 13.4. The van der Waals surface area contributed by atoms with Gasteiger partial charge >= 0.3 is 0 Å². The summed E-state index contributed by atoms with van der Waals surface area (Å²) in [6, 6.07) is 33.9. The van der Waals surface area contributed by atoms with Gasteiger partial charge in [0.25, 0.3) is 23.6 Å².